The molecule has 0 saturated carbocycles. The molecule has 0 spiro atoms. The first-order valence-electron chi connectivity index (χ1n) is 42.1. The van der Waals surface area contributed by atoms with Gasteiger partial charge >= 0.3 is 39.5 Å². The first kappa shape index (κ1) is 98.1. The van der Waals surface area contributed by atoms with Crippen LogP contribution in [0.5, 0.6) is 0 Å². The van der Waals surface area contributed by atoms with E-state index in [2.05, 4.69) is 34.6 Å². The number of aliphatic hydroxyl groups excluding tert-OH is 1. The number of rotatable bonds is 81. The summed E-state index contributed by atoms with van der Waals surface area (Å²) in [6, 6.07) is 0. The Balaban J connectivity index is 5.17. The van der Waals surface area contributed by atoms with E-state index >= 15 is 0 Å². The molecule has 0 radical (unpaired) electrons. The Morgan fingerprint density at radius 2 is 0.460 bits per heavy atom. The molecule has 0 bridgehead atoms. The normalized spacial score (nSPS) is 13.8. The van der Waals surface area contributed by atoms with Gasteiger partial charge in [0.25, 0.3) is 0 Å². The van der Waals surface area contributed by atoms with Gasteiger partial charge in [0.1, 0.15) is 19.3 Å². The van der Waals surface area contributed by atoms with Crippen molar-refractivity contribution in [3.63, 3.8) is 0 Å². The van der Waals surface area contributed by atoms with E-state index in [0.717, 1.165) is 102 Å². The molecule has 0 aromatic rings. The molecule has 5 atom stereocenters. The lowest BCUT2D eigenvalue weighted by atomic mass is 10.0. The predicted molar refractivity (Wildman–Crippen MR) is 409 cm³/mol. The van der Waals surface area contributed by atoms with Gasteiger partial charge in [-0.1, -0.05) is 381 Å². The molecular formula is C81H158O17P2. The molecule has 594 valence electrons. The van der Waals surface area contributed by atoms with E-state index in [9.17, 15) is 43.2 Å². The number of hydrogen-bond donors (Lipinski definition) is 3. The zero-order valence-corrected chi connectivity index (χ0v) is 67.1. The maximum absolute atomic E-state index is 13.1. The minimum atomic E-state index is -4.96. The third-order valence-corrected chi connectivity index (χ3v) is 20.9. The van der Waals surface area contributed by atoms with Crippen molar-refractivity contribution in [2.45, 2.75) is 451 Å². The molecular weight excluding hydrogens is 1310 g/mol. The third kappa shape index (κ3) is 74.3. The van der Waals surface area contributed by atoms with Crippen LogP contribution in [0.3, 0.4) is 0 Å². The SMILES string of the molecule is CCCCCCCCCCCCCCCCCCCCCCCC(=O)O[C@H](COC(=O)CCCCCCCCCCCCCCCCCCCCC)COP(=O)(O)OC[C@@H](O)COP(=O)(O)OC[C@@H](COC(=O)CCCCCCCCCC)OC(=O)CCCCCCCCCCCC(C)C. The van der Waals surface area contributed by atoms with Gasteiger partial charge in [0.2, 0.25) is 0 Å². The summed E-state index contributed by atoms with van der Waals surface area (Å²) in [5.41, 5.74) is 0. The fraction of sp³-hybridized carbons (Fsp3) is 0.951. The topological polar surface area (TPSA) is 237 Å². The molecule has 19 heteroatoms. The summed E-state index contributed by atoms with van der Waals surface area (Å²) >= 11 is 0. The number of unbranched alkanes of at least 4 members (excludes halogenated alkanes) is 53. The lowest BCUT2D eigenvalue weighted by molar-refractivity contribution is -0.161. The van der Waals surface area contributed by atoms with Gasteiger partial charge in [-0.2, -0.15) is 0 Å². The number of aliphatic hydroxyl groups is 1. The molecule has 0 rings (SSSR count). The van der Waals surface area contributed by atoms with Crippen LogP contribution in [0, 0.1) is 5.92 Å². The Labute approximate surface area is 613 Å². The smallest absolute Gasteiger partial charge is 0.462 e. The molecule has 17 nitrogen and oxygen atoms in total. The van der Waals surface area contributed by atoms with E-state index in [1.54, 1.807) is 0 Å². The summed E-state index contributed by atoms with van der Waals surface area (Å²) in [6.07, 6.45) is 65.5. The van der Waals surface area contributed by atoms with Crippen molar-refractivity contribution in [3.05, 3.63) is 0 Å². The highest BCUT2D eigenvalue weighted by atomic mass is 31.2. The van der Waals surface area contributed by atoms with Gasteiger partial charge in [0.15, 0.2) is 12.2 Å². The Morgan fingerprint density at radius 1 is 0.270 bits per heavy atom. The summed E-state index contributed by atoms with van der Waals surface area (Å²) in [5.74, 6) is -1.38. The van der Waals surface area contributed by atoms with Crippen molar-refractivity contribution in [1.29, 1.82) is 0 Å². The third-order valence-electron chi connectivity index (χ3n) is 19.0. The quantitative estimate of drug-likeness (QED) is 0.0222. The van der Waals surface area contributed by atoms with E-state index in [4.69, 9.17) is 37.0 Å². The molecule has 0 heterocycles. The minimum Gasteiger partial charge on any atom is -0.462 e. The second kappa shape index (κ2) is 73.9. The summed E-state index contributed by atoms with van der Waals surface area (Å²) < 4.78 is 68.6. The fourth-order valence-corrected chi connectivity index (χ4v) is 14.2. The lowest BCUT2D eigenvalue weighted by Crippen LogP contribution is -2.30. The molecule has 0 amide bonds. The number of carbonyl (C=O) groups excluding carboxylic acids is 4. The van der Waals surface area contributed by atoms with Crippen molar-refractivity contribution in [3.8, 4) is 0 Å². The molecule has 0 aromatic carbocycles. The Kier molecular flexibility index (Phi) is 72.5. The zero-order chi connectivity index (χ0) is 73.4. The second-order valence-electron chi connectivity index (χ2n) is 29.6. The highest BCUT2D eigenvalue weighted by Gasteiger charge is 2.30. The predicted octanol–water partition coefficient (Wildman–Crippen LogP) is 24.4. The number of esters is 4. The Hall–Kier alpha value is -1.94. The lowest BCUT2D eigenvalue weighted by Gasteiger charge is -2.21. The average molecular weight is 1470 g/mol. The van der Waals surface area contributed by atoms with Crippen LogP contribution in [0.15, 0.2) is 0 Å². The van der Waals surface area contributed by atoms with E-state index < -0.39 is 97.5 Å². The molecule has 0 aliphatic rings. The Morgan fingerprint density at radius 3 is 0.680 bits per heavy atom. The maximum atomic E-state index is 13.1. The second-order valence-corrected chi connectivity index (χ2v) is 32.5. The number of phosphoric acid groups is 2. The largest absolute Gasteiger partial charge is 0.472 e. The van der Waals surface area contributed by atoms with Crippen LogP contribution in [-0.4, -0.2) is 96.7 Å². The highest BCUT2D eigenvalue weighted by Crippen LogP contribution is 2.45. The zero-order valence-electron chi connectivity index (χ0n) is 65.3. The standard InChI is InChI=1S/C81H158O17P2/c1-6-9-12-15-18-21-23-25-27-29-31-32-34-36-38-40-42-46-51-56-61-66-80(85)97-77(71-92-79(84)65-60-55-50-45-41-39-37-35-33-30-28-26-24-22-19-16-13-10-7-2)73-96-100(89,90)94-69-75(82)68-93-99(87,88)95-72-76(70-91-78(83)64-59-54-49-20-17-14-11-8-3)98-81(86)67-62-57-52-47-43-44-48-53-58-63-74(4)5/h74-77,82H,6-73H2,1-5H3,(H,87,88)(H,89,90)/t75-,76+,77+/m0/s1. The summed E-state index contributed by atoms with van der Waals surface area (Å²) in [7, 11) is -9.91. The van der Waals surface area contributed by atoms with Crippen LogP contribution >= 0.6 is 15.6 Å². The maximum Gasteiger partial charge on any atom is 0.472 e. The van der Waals surface area contributed by atoms with E-state index in [1.165, 1.54) is 250 Å². The van der Waals surface area contributed by atoms with Gasteiger partial charge in [-0.25, -0.2) is 9.13 Å². The monoisotopic (exact) mass is 1470 g/mol. The van der Waals surface area contributed by atoms with Crippen LogP contribution in [-0.2, 0) is 65.4 Å². The highest BCUT2D eigenvalue weighted by molar-refractivity contribution is 7.47. The number of phosphoric ester groups is 2. The van der Waals surface area contributed by atoms with E-state index in [1.807, 2.05) is 0 Å². The van der Waals surface area contributed by atoms with Gasteiger partial charge in [-0.05, 0) is 31.6 Å². The van der Waals surface area contributed by atoms with Gasteiger partial charge in [-0.15, -0.1) is 0 Å². The fourth-order valence-electron chi connectivity index (χ4n) is 12.6. The van der Waals surface area contributed by atoms with Gasteiger partial charge in [0.05, 0.1) is 26.4 Å². The van der Waals surface area contributed by atoms with Crippen molar-refractivity contribution in [2.75, 3.05) is 39.6 Å². The van der Waals surface area contributed by atoms with Crippen LogP contribution in [0.4, 0.5) is 0 Å². The average Bonchev–Trinajstić information content (AvgIpc) is 0.935. The molecule has 3 N–H and O–H groups in total. The van der Waals surface area contributed by atoms with Crippen molar-refractivity contribution in [1.82, 2.24) is 0 Å². The summed E-state index contributed by atoms with van der Waals surface area (Å²) in [6.45, 7) is 7.27. The molecule has 100 heavy (non-hydrogen) atoms. The first-order chi connectivity index (χ1) is 48.5. The molecule has 0 saturated heterocycles. The van der Waals surface area contributed by atoms with Gasteiger partial charge in [0, 0.05) is 25.7 Å². The summed E-state index contributed by atoms with van der Waals surface area (Å²) in [4.78, 5) is 72.9. The van der Waals surface area contributed by atoms with Crippen LogP contribution in [0.25, 0.3) is 0 Å². The Bertz CT molecular complexity index is 1910. The first-order valence-corrected chi connectivity index (χ1v) is 45.1. The van der Waals surface area contributed by atoms with Crippen LogP contribution < -0.4 is 0 Å². The van der Waals surface area contributed by atoms with Gasteiger partial charge < -0.3 is 33.8 Å². The number of hydrogen-bond acceptors (Lipinski definition) is 15. The molecule has 0 aliphatic heterocycles. The van der Waals surface area contributed by atoms with E-state index in [0.29, 0.717) is 25.7 Å². The van der Waals surface area contributed by atoms with Crippen LogP contribution in [0.2, 0.25) is 0 Å². The van der Waals surface area contributed by atoms with Crippen LogP contribution in [0.1, 0.15) is 433 Å². The number of ether oxygens (including phenoxy) is 4. The molecule has 0 fully saturated rings. The van der Waals surface area contributed by atoms with Crippen molar-refractivity contribution in [2.24, 2.45) is 5.92 Å². The summed E-state index contributed by atoms with van der Waals surface area (Å²) in [5, 5.41) is 10.6. The van der Waals surface area contributed by atoms with Crippen molar-refractivity contribution < 1.29 is 80.2 Å². The molecule has 0 aromatic heterocycles. The van der Waals surface area contributed by atoms with Gasteiger partial charge in [-0.3, -0.25) is 37.3 Å². The molecule has 2 unspecified atom stereocenters. The molecule has 0 aliphatic carbocycles. The minimum absolute atomic E-state index is 0.106. The number of carbonyl (C=O) groups is 4. The van der Waals surface area contributed by atoms with E-state index in [-0.39, 0.29) is 25.7 Å². The van der Waals surface area contributed by atoms with Crippen molar-refractivity contribution >= 4 is 39.5 Å².